The molecule has 0 saturated heterocycles. The molecule has 0 spiro atoms. The molecule has 0 amide bonds. The number of rotatable bonds is 2. The minimum absolute atomic E-state index is 0.0696. The van der Waals surface area contributed by atoms with E-state index < -0.39 is 21.7 Å². The number of esters is 1. The standard InChI is InChI=1S/C3H5N.C3H5O2.In/c1-2-3-4;1-3(4)5-2;/h3H,1-2H2;1H2,2H3;/q-1;;+1. The quantitative estimate of drug-likeness (QED) is 0.667. The molecule has 0 aliphatic carbocycles. The van der Waals surface area contributed by atoms with E-state index in [1.807, 2.05) is 6.21 Å². The second-order valence-corrected chi connectivity index (χ2v) is 9.74. The van der Waals surface area contributed by atoms with E-state index in [2.05, 4.69) is 7.72 Å². The Morgan fingerprint density at radius 2 is 2.70 bits per heavy atom. The second kappa shape index (κ2) is 4.01. The van der Waals surface area contributed by atoms with Crippen LogP contribution in [0.3, 0.4) is 0 Å². The van der Waals surface area contributed by atoms with Crippen LogP contribution < -0.4 is 0 Å². The SMILES string of the molecule is COC(=O)[CH2][In]1[CH2]CC=[N]1. The third kappa shape index (κ3) is 2.33. The molecule has 3 nitrogen and oxygen atoms in total. The molecule has 1 aliphatic rings. The monoisotopic (exact) mass is 243 g/mol. The van der Waals surface area contributed by atoms with Crippen LogP contribution in [0.4, 0.5) is 0 Å². The molecule has 0 bridgehead atoms. The fourth-order valence-corrected chi connectivity index (χ4v) is 6.68. The summed E-state index contributed by atoms with van der Waals surface area (Å²) in [6, 6.07) is 0. The van der Waals surface area contributed by atoms with Crippen LogP contribution in [-0.4, -0.2) is 41.0 Å². The van der Waals surface area contributed by atoms with Gasteiger partial charge in [0.15, 0.2) is 0 Å². The molecular weight excluding hydrogens is 233 g/mol. The summed E-state index contributed by atoms with van der Waals surface area (Å²) in [7, 11) is 1.44. The van der Waals surface area contributed by atoms with Crippen LogP contribution in [0.2, 0.25) is 8.35 Å². The summed E-state index contributed by atoms with van der Waals surface area (Å²) < 4.78 is 10.7. The van der Waals surface area contributed by atoms with Crippen LogP contribution in [0.25, 0.3) is 0 Å². The first kappa shape index (κ1) is 8.11. The Bertz CT molecular complexity index is 158. The van der Waals surface area contributed by atoms with Gasteiger partial charge in [0.25, 0.3) is 0 Å². The van der Waals surface area contributed by atoms with Gasteiger partial charge in [-0.15, -0.1) is 0 Å². The Hall–Kier alpha value is 0.0101. The molecule has 0 aromatic rings. The first-order chi connectivity index (χ1) is 4.83. The van der Waals surface area contributed by atoms with Crippen LogP contribution in [0.15, 0.2) is 2.98 Å². The first-order valence-electron chi connectivity index (χ1n) is 3.41. The molecule has 54 valence electrons. The zero-order valence-electron chi connectivity index (χ0n) is 6.04. The minimum atomic E-state index is -1.70. The maximum atomic E-state index is 10.7. The van der Waals surface area contributed by atoms with E-state index in [4.69, 9.17) is 0 Å². The summed E-state index contributed by atoms with van der Waals surface area (Å²) in [4.78, 5) is 10.7. The average molecular weight is 243 g/mol. The van der Waals surface area contributed by atoms with Crippen molar-refractivity contribution in [1.82, 2.24) is 0 Å². The van der Waals surface area contributed by atoms with Crippen molar-refractivity contribution in [1.29, 1.82) is 0 Å². The van der Waals surface area contributed by atoms with Gasteiger partial charge >= 0.3 is 68.3 Å². The van der Waals surface area contributed by atoms with Gasteiger partial charge in [0.1, 0.15) is 0 Å². The predicted octanol–water partition coefficient (Wildman–Crippen LogP) is 0.625. The third-order valence-corrected chi connectivity index (χ3v) is 8.53. The predicted molar refractivity (Wildman–Crippen MR) is 40.5 cm³/mol. The Labute approximate surface area is 68.4 Å². The van der Waals surface area contributed by atoms with Gasteiger partial charge in [-0.05, 0) is 0 Å². The molecule has 0 unspecified atom stereocenters. The number of methoxy groups -OCH3 is 1. The van der Waals surface area contributed by atoms with Crippen molar-refractivity contribution in [2.24, 2.45) is 2.98 Å². The molecule has 10 heavy (non-hydrogen) atoms. The van der Waals surface area contributed by atoms with Crippen molar-refractivity contribution < 1.29 is 9.53 Å². The van der Waals surface area contributed by atoms with E-state index in [0.29, 0.717) is 4.18 Å². The molecule has 4 heteroatoms. The number of hydrogen-bond acceptors (Lipinski definition) is 3. The van der Waals surface area contributed by atoms with Crippen molar-refractivity contribution in [3.8, 4) is 0 Å². The zero-order chi connectivity index (χ0) is 7.40. The van der Waals surface area contributed by atoms with Crippen LogP contribution >= 0.6 is 0 Å². The maximum absolute atomic E-state index is 10.7. The van der Waals surface area contributed by atoms with E-state index in [0.717, 1.165) is 6.42 Å². The second-order valence-electron chi connectivity index (χ2n) is 2.34. The van der Waals surface area contributed by atoms with E-state index in [9.17, 15) is 4.79 Å². The van der Waals surface area contributed by atoms with Crippen molar-refractivity contribution in [3.05, 3.63) is 0 Å². The summed E-state index contributed by atoms with van der Waals surface area (Å²) in [6.07, 6.45) is 3.06. The molecule has 1 aliphatic heterocycles. The van der Waals surface area contributed by atoms with Crippen LogP contribution in [-0.2, 0) is 9.53 Å². The molecule has 0 radical (unpaired) electrons. The Morgan fingerprint density at radius 3 is 3.20 bits per heavy atom. The van der Waals surface area contributed by atoms with E-state index in [1.165, 1.54) is 11.3 Å². The summed E-state index contributed by atoms with van der Waals surface area (Å²) >= 11 is -1.70. The Morgan fingerprint density at radius 1 is 1.90 bits per heavy atom. The Balaban J connectivity index is 2.24. The van der Waals surface area contributed by atoms with Crippen molar-refractivity contribution in [3.63, 3.8) is 0 Å². The van der Waals surface area contributed by atoms with Crippen LogP contribution in [0.5, 0.6) is 0 Å². The number of carbonyl (C=O) groups excluding carboxylic acids is 1. The van der Waals surface area contributed by atoms with Gasteiger partial charge in [0, 0.05) is 0 Å². The number of carbonyl (C=O) groups is 1. The summed E-state index contributed by atoms with van der Waals surface area (Å²) in [5.41, 5.74) is 0. The van der Waals surface area contributed by atoms with Crippen LogP contribution in [0, 0.1) is 0 Å². The first-order valence-corrected chi connectivity index (χ1v) is 9.55. The molecule has 0 aromatic carbocycles. The zero-order valence-corrected chi connectivity index (χ0v) is 9.34. The van der Waals surface area contributed by atoms with Crippen molar-refractivity contribution >= 4 is 33.9 Å². The number of hydrogen-bond donors (Lipinski definition) is 0. The normalized spacial score (nSPS) is 15.9. The van der Waals surface area contributed by atoms with Gasteiger partial charge in [-0.3, -0.25) is 0 Å². The van der Waals surface area contributed by atoms with E-state index >= 15 is 0 Å². The van der Waals surface area contributed by atoms with Crippen LogP contribution in [0.1, 0.15) is 6.42 Å². The molecule has 0 aromatic heterocycles. The van der Waals surface area contributed by atoms with Crippen molar-refractivity contribution in [2.75, 3.05) is 7.11 Å². The van der Waals surface area contributed by atoms with Gasteiger partial charge in [0.2, 0.25) is 0 Å². The fraction of sp³-hybridized carbons (Fsp3) is 0.667. The molecule has 1 rings (SSSR count). The summed E-state index contributed by atoms with van der Waals surface area (Å²) in [6.45, 7) is 0. The summed E-state index contributed by atoms with van der Waals surface area (Å²) in [5.74, 6) is -0.0696. The average Bonchev–Trinajstić information content (AvgIpc) is 2.40. The van der Waals surface area contributed by atoms with E-state index in [-0.39, 0.29) is 5.97 Å². The fourth-order valence-electron chi connectivity index (χ4n) is 0.996. The molecular formula is C6H10InNO2. The van der Waals surface area contributed by atoms with Gasteiger partial charge in [-0.25, -0.2) is 0 Å². The molecule has 1 heterocycles. The van der Waals surface area contributed by atoms with Gasteiger partial charge in [-0.1, -0.05) is 0 Å². The van der Waals surface area contributed by atoms with Crippen molar-refractivity contribution in [2.45, 2.75) is 14.8 Å². The molecule has 0 atom stereocenters. The molecule has 0 N–H and O–H groups in total. The van der Waals surface area contributed by atoms with Gasteiger partial charge < -0.3 is 0 Å². The summed E-state index contributed by atoms with van der Waals surface area (Å²) in [5, 5.41) is 0. The van der Waals surface area contributed by atoms with E-state index in [1.54, 1.807) is 0 Å². The Kier molecular flexibility index (Phi) is 3.25. The third-order valence-electron chi connectivity index (χ3n) is 1.58. The topological polar surface area (TPSA) is 38.7 Å². The molecule has 0 fully saturated rings. The molecule has 0 saturated carbocycles. The number of nitrogens with zero attached hydrogens (tertiary/aromatic N) is 1. The van der Waals surface area contributed by atoms with Gasteiger partial charge in [-0.2, -0.15) is 0 Å². The van der Waals surface area contributed by atoms with Gasteiger partial charge in [0.05, 0.1) is 0 Å². The number of ether oxygens (including phenoxy) is 1.